The Hall–Kier alpha value is -1.03. The topological polar surface area (TPSA) is 3.24 Å². The van der Waals surface area contributed by atoms with Crippen LogP contribution in [-0.2, 0) is 12.7 Å². The van der Waals surface area contributed by atoms with E-state index in [0.717, 1.165) is 6.07 Å². The molecule has 16 heavy (non-hydrogen) atoms. The third-order valence-electron chi connectivity index (χ3n) is 1.75. The molecular formula is C12H18F3N. The molecule has 1 nitrogen and oxygen atoms in total. The molecule has 0 aromatic heterocycles. The highest BCUT2D eigenvalue weighted by Gasteiger charge is 2.30. The van der Waals surface area contributed by atoms with E-state index in [0.29, 0.717) is 12.1 Å². The van der Waals surface area contributed by atoms with Crippen molar-refractivity contribution in [2.45, 2.75) is 26.6 Å². The van der Waals surface area contributed by atoms with E-state index in [2.05, 4.69) is 0 Å². The van der Waals surface area contributed by atoms with Crippen molar-refractivity contribution in [2.24, 2.45) is 0 Å². The van der Waals surface area contributed by atoms with Gasteiger partial charge in [0.2, 0.25) is 0 Å². The van der Waals surface area contributed by atoms with E-state index in [1.165, 1.54) is 12.1 Å². The standard InChI is InChI=1S/C10H12F3N.C2H6/c1-14(2)7-8-4-3-5-9(6-8)10(11,12)13;1-2/h3-6H,7H2,1-2H3;1-2H3. The normalized spacial score (nSPS) is 11.0. The van der Waals surface area contributed by atoms with Crippen LogP contribution in [0, 0.1) is 0 Å². The summed E-state index contributed by atoms with van der Waals surface area (Å²) in [5.74, 6) is 0. The first-order valence-electron chi connectivity index (χ1n) is 5.20. The van der Waals surface area contributed by atoms with E-state index in [1.807, 2.05) is 32.8 Å². The van der Waals surface area contributed by atoms with Gasteiger partial charge in [0.25, 0.3) is 0 Å². The molecule has 0 saturated carbocycles. The van der Waals surface area contributed by atoms with Crippen LogP contribution >= 0.6 is 0 Å². The molecule has 0 amide bonds. The molecule has 1 aromatic rings. The van der Waals surface area contributed by atoms with E-state index >= 15 is 0 Å². The van der Waals surface area contributed by atoms with E-state index < -0.39 is 11.7 Å². The molecule has 0 aliphatic rings. The molecule has 0 spiro atoms. The number of alkyl halides is 3. The molecule has 0 heterocycles. The molecular weight excluding hydrogens is 215 g/mol. The lowest BCUT2D eigenvalue weighted by molar-refractivity contribution is -0.137. The Morgan fingerprint density at radius 1 is 1.12 bits per heavy atom. The van der Waals surface area contributed by atoms with Crippen LogP contribution < -0.4 is 0 Å². The first-order valence-corrected chi connectivity index (χ1v) is 5.20. The van der Waals surface area contributed by atoms with Crippen molar-refractivity contribution < 1.29 is 13.2 Å². The number of hydrogen-bond acceptors (Lipinski definition) is 1. The highest BCUT2D eigenvalue weighted by Crippen LogP contribution is 2.29. The fraction of sp³-hybridized carbons (Fsp3) is 0.500. The Bertz CT molecular complexity index is 305. The molecule has 0 aliphatic carbocycles. The van der Waals surface area contributed by atoms with Gasteiger partial charge in [-0.25, -0.2) is 0 Å². The second-order valence-corrected chi connectivity index (χ2v) is 3.44. The lowest BCUT2D eigenvalue weighted by atomic mass is 10.1. The lowest BCUT2D eigenvalue weighted by Gasteiger charge is -2.12. The molecule has 92 valence electrons. The fourth-order valence-corrected chi connectivity index (χ4v) is 1.21. The summed E-state index contributed by atoms with van der Waals surface area (Å²) < 4.78 is 36.9. The Labute approximate surface area is 94.9 Å². The zero-order chi connectivity index (χ0) is 12.8. The van der Waals surface area contributed by atoms with Crippen molar-refractivity contribution in [3.05, 3.63) is 35.4 Å². The van der Waals surface area contributed by atoms with Gasteiger partial charge in [-0.1, -0.05) is 32.0 Å². The lowest BCUT2D eigenvalue weighted by Crippen LogP contribution is -2.12. The van der Waals surface area contributed by atoms with Gasteiger partial charge in [0, 0.05) is 6.54 Å². The second kappa shape index (κ2) is 6.53. The van der Waals surface area contributed by atoms with E-state index in [1.54, 1.807) is 6.07 Å². The van der Waals surface area contributed by atoms with Gasteiger partial charge in [0.15, 0.2) is 0 Å². The zero-order valence-electron chi connectivity index (χ0n) is 10.1. The van der Waals surface area contributed by atoms with Gasteiger partial charge in [-0.3, -0.25) is 0 Å². The van der Waals surface area contributed by atoms with Crippen LogP contribution in [0.15, 0.2) is 24.3 Å². The third kappa shape index (κ3) is 5.16. The third-order valence-corrected chi connectivity index (χ3v) is 1.75. The number of halogens is 3. The van der Waals surface area contributed by atoms with Crippen LogP contribution in [0.3, 0.4) is 0 Å². The van der Waals surface area contributed by atoms with Crippen molar-refractivity contribution in [2.75, 3.05) is 14.1 Å². The molecule has 0 saturated heterocycles. The Morgan fingerprint density at radius 3 is 2.12 bits per heavy atom. The summed E-state index contributed by atoms with van der Waals surface area (Å²) in [5.41, 5.74) is 0.0849. The minimum Gasteiger partial charge on any atom is -0.305 e. The van der Waals surface area contributed by atoms with Crippen molar-refractivity contribution >= 4 is 0 Å². The van der Waals surface area contributed by atoms with Gasteiger partial charge in [-0.15, -0.1) is 0 Å². The molecule has 0 unspecified atom stereocenters. The summed E-state index contributed by atoms with van der Waals surface area (Å²) >= 11 is 0. The molecule has 0 N–H and O–H groups in total. The van der Waals surface area contributed by atoms with Crippen LogP contribution in [0.2, 0.25) is 0 Å². The molecule has 0 aliphatic heterocycles. The summed E-state index contributed by atoms with van der Waals surface area (Å²) in [5, 5.41) is 0. The smallest absolute Gasteiger partial charge is 0.305 e. The molecule has 0 fully saturated rings. The van der Waals surface area contributed by atoms with Crippen molar-refractivity contribution in [3.63, 3.8) is 0 Å². The second-order valence-electron chi connectivity index (χ2n) is 3.44. The molecule has 4 heteroatoms. The first kappa shape index (κ1) is 15.0. The van der Waals surface area contributed by atoms with Crippen molar-refractivity contribution in [1.82, 2.24) is 4.90 Å². The zero-order valence-corrected chi connectivity index (χ0v) is 10.1. The van der Waals surface area contributed by atoms with Crippen LogP contribution in [0.25, 0.3) is 0 Å². The maximum Gasteiger partial charge on any atom is 0.416 e. The number of hydrogen-bond donors (Lipinski definition) is 0. The van der Waals surface area contributed by atoms with Crippen molar-refractivity contribution in [3.8, 4) is 0 Å². The monoisotopic (exact) mass is 233 g/mol. The number of benzene rings is 1. The van der Waals surface area contributed by atoms with Gasteiger partial charge >= 0.3 is 6.18 Å². The maximum absolute atomic E-state index is 12.3. The number of rotatable bonds is 2. The summed E-state index contributed by atoms with van der Waals surface area (Å²) in [6.45, 7) is 4.52. The van der Waals surface area contributed by atoms with Crippen LogP contribution in [0.4, 0.5) is 13.2 Å². The van der Waals surface area contributed by atoms with Crippen LogP contribution in [0.5, 0.6) is 0 Å². The summed E-state index contributed by atoms with van der Waals surface area (Å²) in [6.07, 6.45) is -4.25. The van der Waals surface area contributed by atoms with Gasteiger partial charge in [0.05, 0.1) is 5.56 Å². The van der Waals surface area contributed by atoms with Crippen LogP contribution in [-0.4, -0.2) is 19.0 Å². The molecule has 1 aromatic carbocycles. The summed E-state index contributed by atoms with van der Waals surface area (Å²) in [7, 11) is 3.64. The first-order chi connectivity index (χ1) is 7.39. The van der Waals surface area contributed by atoms with E-state index in [4.69, 9.17) is 0 Å². The SMILES string of the molecule is CC.CN(C)Cc1cccc(C(F)(F)F)c1. The van der Waals surface area contributed by atoms with E-state index in [9.17, 15) is 13.2 Å². The largest absolute Gasteiger partial charge is 0.416 e. The Balaban J connectivity index is 0.00000106. The highest BCUT2D eigenvalue weighted by molar-refractivity contribution is 5.25. The van der Waals surface area contributed by atoms with Crippen molar-refractivity contribution in [1.29, 1.82) is 0 Å². The van der Waals surface area contributed by atoms with Gasteiger partial charge in [-0.05, 0) is 25.7 Å². The van der Waals surface area contributed by atoms with Gasteiger partial charge < -0.3 is 4.90 Å². The van der Waals surface area contributed by atoms with Crippen LogP contribution in [0.1, 0.15) is 25.0 Å². The fourth-order valence-electron chi connectivity index (χ4n) is 1.21. The predicted octanol–water partition coefficient (Wildman–Crippen LogP) is 3.79. The number of nitrogens with zero attached hydrogens (tertiary/aromatic N) is 1. The predicted molar refractivity (Wildman–Crippen MR) is 60.2 cm³/mol. The molecule has 1 rings (SSSR count). The molecule has 0 radical (unpaired) electrons. The minimum absolute atomic E-state index is 0.518. The molecule has 0 bridgehead atoms. The Kier molecular flexibility index (Phi) is 6.11. The summed E-state index contributed by atoms with van der Waals surface area (Å²) in [6, 6.07) is 5.38. The van der Waals surface area contributed by atoms with Gasteiger partial charge in [0.1, 0.15) is 0 Å². The quantitative estimate of drug-likeness (QED) is 0.751. The highest BCUT2D eigenvalue weighted by atomic mass is 19.4. The minimum atomic E-state index is -4.25. The van der Waals surface area contributed by atoms with E-state index in [-0.39, 0.29) is 0 Å². The average Bonchev–Trinajstić information content (AvgIpc) is 2.19. The van der Waals surface area contributed by atoms with Gasteiger partial charge in [-0.2, -0.15) is 13.2 Å². The average molecular weight is 233 g/mol. The maximum atomic E-state index is 12.3. The molecule has 0 atom stereocenters. The Morgan fingerprint density at radius 2 is 1.69 bits per heavy atom. The summed E-state index contributed by atoms with van der Waals surface area (Å²) in [4.78, 5) is 1.83.